The Bertz CT molecular complexity index is 1080. The van der Waals surface area contributed by atoms with Crippen LogP contribution in [0.2, 0.25) is 0 Å². The molecule has 0 fully saturated rings. The molecule has 0 aliphatic heterocycles. The minimum atomic E-state index is -1.04. The van der Waals surface area contributed by atoms with Gasteiger partial charge in [0.1, 0.15) is 23.7 Å². The Hall–Kier alpha value is -4.14. The van der Waals surface area contributed by atoms with Gasteiger partial charge in [0.2, 0.25) is 11.8 Å². The second-order valence-corrected chi connectivity index (χ2v) is 9.75. The summed E-state index contributed by atoms with van der Waals surface area (Å²) in [5.41, 5.74) is 0.845. The van der Waals surface area contributed by atoms with E-state index in [0.717, 1.165) is 11.1 Å². The molecule has 2 rings (SSSR count). The van der Waals surface area contributed by atoms with Gasteiger partial charge in [0.15, 0.2) is 0 Å². The van der Waals surface area contributed by atoms with Crippen LogP contribution in [0.3, 0.4) is 0 Å². The molecule has 0 radical (unpaired) electrons. The topological polar surface area (TPSA) is 123 Å². The Morgan fingerprint density at radius 3 is 1.66 bits per heavy atom. The van der Waals surface area contributed by atoms with Crippen molar-refractivity contribution in [2.75, 3.05) is 7.11 Å². The monoisotopic (exact) mass is 523 g/mol. The number of ether oxygens (including phenoxy) is 2. The molecule has 0 aliphatic carbocycles. The molecule has 0 saturated heterocycles. The second-order valence-electron chi connectivity index (χ2n) is 9.75. The van der Waals surface area contributed by atoms with Crippen molar-refractivity contribution in [2.45, 2.75) is 63.8 Å². The summed E-state index contributed by atoms with van der Waals surface area (Å²) in [6, 6.07) is 15.3. The molecule has 3 atom stereocenters. The summed E-state index contributed by atoms with van der Waals surface area (Å²) in [6.07, 6.45) is 1.22. The van der Waals surface area contributed by atoms with E-state index in [2.05, 4.69) is 22.5 Å². The van der Waals surface area contributed by atoms with Crippen LogP contribution >= 0.6 is 0 Å². The fourth-order valence-corrected chi connectivity index (χ4v) is 3.64. The number of esters is 1. The highest BCUT2D eigenvalue weighted by Crippen LogP contribution is 2.10. The molecule has 38 heavy (non-hydrogen) atoms. The van der Waals surface area contributed by atoms with Crippen LogP contribution in [-0.2, 0) is 36.7 Å². The number of rotatable bonds is 12. The van der Waals surface area contributed by atoms with Gasteiger partial charge in [-0.2, -0.15) is 0 Å². The Morgan fingerprint density at radius 1 is 0.789 bits per heavy atom. The summed E-state index contributed by atoms with van der Waals surface area (Å²) >= 11 is 0. The number of alkyl carbamates (subject to hydrolysis) is 1. The van der Waals surface area contributed by atoms with Gasteiger partial charge in [0.05, 0.1) is 7.11 Å². The highest BCUT2D eigenvalue weighted by atomic mass is 16.6. The van der Waals surface area contributed by atoms with Gasteiger partial charge in [-0.15, -0.1) is 6.58 Å². The Labute approximate surface area is 224 Å². The number of hydrogen-bond acceptors (Lipinski definition) is 6. The summed E-state index contributed by atoms with van der Waals surface area (Å²) in [4.78, 5) is 51.5. The normalized spacial score (nSPS) is 13.3. The molecule has 0 heterocycles. The molecule has 0 aromatic heterocycles. The zero-order valence-electron chi connectivity index (χ0n) is 22.4. The van der Waals surface area contributed by atoms with Gasteiger partial charge in [0, 0.05) is 12.8 Å². The summed E-state index contributed by atoms with van der Waals surface area (Å²) in [7, 11) is 1.23. The third-order valence-electron chi connectivity index (χ3n) is 5.41. The Kier molecular flexibility index (Phi) is 11.5. The van der Waals surface area contributed by atoms with E-state index in [9.17, 15) is 19.2 Å². The Balaban J connectivity index is 2.29. The van der Waals surface area contributed by atoms with Crippen molar-refractivity contribution in [3.05, 3.63) is 84.4 Å². The van der Waals surface area contributed by atoms with E-state index >= 15 is 0 Å². The highest BCUT2D eigenvalue weighted by molar-refractivity contribution is 5.93. The van der Waals surface area contributed by atoms with Crippen LogP contribution in [0, 0.1) is 0 Å². The average molecular weight is 524 g/mol. The molecule has 0 aliphatic rings. The van der Waals surface area contributed by atoms with E-state index in [4.69, 9.17) is 9.47 Å². The molecule has 204 valence electrons. The first kappa shape index (κ1) is 30.1. The fourth-order valence-electron chi connectivity index (χ4n) is 3.64. The van der Waals surface area contributed by atoms with Crippen LogP contribution in [-0.4, -0.2) is 54.7 Å². The second kappa shape index (κ2) is 14.6. The minimum Gasteiger partial charge on any atom is -0.467 e. The molecule has 9 heteroatoms. The first-order valence-corrected chi connectivity index (χ1v) is 12.4. The van der Waals surface area contributed by atoms with E-state index in [1.807, 2.05) is 60.7 Å². The van der Waals surface area contributed by atoms with Crippen molar-refractivity contribution in [3.8, 4) is 0 Å². The van der Waals surface area contributed by atoms with Crippen molar-refractivity contribution < 1.29 is 28.7 Å². The predicted octanol–water partition coefficient (Wildman–Crippen LogP) is 3.08. The molecule has 3 N–H and O–H groups in total. The van der Waals surface area contributed by atoms with Gasteiger partial charge >= 0.3 is 12.1 Å². The highest BCUT2D eigenvalue weighted by Gasteiger charge is 2.31. The van der Waals surface area contributed by atoms with E-state index in [1.165, 1.54) is 13.2 Å². The van der Waals surface area contributed by atoms with E-state index in [-0.39, 0.29) is 19.3 Å². The molecule has 2 aromatic rings. The largest absolute Gasteiger partial charge is 0.467 e. The van der Waals surface area contributed by atoms with Crippen molar-refractivity contribution in [1.82, 2.24) is 16.0 Å². The lowest BCUT2D eigenvalue weighted by Gasteiger charge is -2.26. The number of hydrogen-bond donors (Lipinski definition) is 3. The molecule has 0 unspecified atom stereocenters. The fraction of sp³-hybridized carbons (Fsp3) is 0.379. The van der Waals surface area contributed by atoms with E-state index in [1.54, 1.807) is 20.8 Å². The molecule has 0 saturated carbocycles. The number of carbonyl (C=O) groups excluding carboxylic acids is 4. The number of benzene rings is 2. The van der Waals surface area contributed by atoms with Crippen LogP contribution in [0.5, 0.6) is 0 Å². The van der Waals surface area contributed by atoms with Gasteiger partial charge < -0.3 is 25.4 Å². The Morgan fingerprint density at radius 2 is 1.24 bits per heavy atom. The molecule has 2 aromatic carbocycles. The zero-order valence-corrected chi connectivity index (χ0v) is 22.4. The first-order valence-electron chi connectivity index (χ1n) is 12.4. The molecular formula is C29H37N3O6. The first-order chi connectivity index (χ1) is 18.0. The molecule has 3 amide bonds. The van der Waals surface area contributed by atoms with Crippen molar-refractivity contribution >= 4 is 23.9 Å². The maximum atomic E-state index is 13.5. The van der Waals surface area contributed by atoms with Crippen molar-refractivity contribution in [2.24, 2.45) is 0 Å². The number of methoxy groups -OCH3 is 1. The summed E-state index contributed by atoms with van der Waals surface area (Å²) in [5.74, 6) is -1.78. The minimum absolute atomic E-state index is 0.154. The van der Waals surface area contributed by atoms with Crippen LogP contribution in [0.1, 0.15) is 38.3 Å². The van der Waals surface area contributed by atoms with Crippen LogP contribution < -0.4 is 16.0 Å². The van der Waals surface area contributed by atoms with E-state index < -0.39 is 47.6 Å². The third kappa shape index (κ3) is 10.5. The van der Waals surface area contributed by atoms with Gasteiger partial charge in [-0.1, -0.05) is 66.7 Å². The smallest absolute Gasteiger partial charge is 0.408 e. The van der Waals surface area contributed by atoms with Crippen molar-refractivity contribution in [3.63, 3.8) is 0 Å². The van der Waals surface area contributed by atoms with Gasteiger partial charge in [-0.25, -0.2) is 9.59 Å². The summed E-state index contributed by atoms with van der Waals surface area (Å²) < 4.78 is 10.1. The lowest BCUT2D eigenvalue weighted by Crippen LogP contribution is -2.57. The van der Waals surface area contributed by atoms with Crippen LogP contribution in [0.25, 0.3) is 0 Å². The molecular weight excluding hydrogens is 486 g/mol. The van der Waals surface area contributed by atoms with Gasteiger partial charge in [0.25, 0.3) is 0 Å². The summed E-state index contributed by atoms with van der Waals surface area (Å²) in [6.45, 7) is 8.79. The maximum Gasteiger partial charge on any atom is 0.408 e. The summed E-state index contributed by atoms with van der Waals surface area (Å²) in [5, 5.41) is 8.03. The SMILES string of the molecule is C=CC[C@@H](NC(=O)[C@@H](Cc1ccccc1)NC(=O)[C@@H](Cc1ccccc1)NC(=O)OC(C)(C)C)C(=O)OC. The van der Waals surface area contributed by atoms with Crippen LogP contribution in [0.4, 0.5) is 4.79 Å². The lowest BCUT2D eigenvalue weighted by molar-refractivity contribution is -0.145. The third-order valence-corrected chi connectivity index (χ3v) is 5.41. The molecule has 0 spiro atoms. The number of nitrogens with one attached hydrogen (secondary N) is 3. The molecule has 0 bridgehead atoms. The average Bonchev–Trinajstić information content (AvgIpc) is 2.87. The number of carbonyl (C=O) groups is 4. The standard InChI is InChI=1S/C29H37N3O6/c1-6-13-22(27(35)37-5)30-25(33)23(18-20-14-9-7-10-15-20)31-26(34)24(19-21-16-11-8-12-17-21)32-28(36)38-29(2,3)4/h6-12,14-17,22-24H,1,13,18-19H2,2-5H3,(H,30,33)(H,31,34)(H,32,36)/t22-,23-,24-/m1/s1. The lowest BCUT2D eigenvalue weighted by atomic mass is 10.0. The van der Waals surface area contributed by atoms with Gasteiger partial charge in [-0.05, 0) is 38.3 Å². The van der Waals surface area contributed by atoms with Crippen LogP contribution in [0.15, 0.2) is 73.3 Å². The number of amides is 3. The zero-order chi connectivity index (χ0) is 28.1. The van der Waals surface area contributed by atoms with Crippen molar-refractivity contribution in [1.29, 1.82) is 0 Å². The van der Waals surface area contributed by atoms with Gasteiger partial charge in [-0.3, -0.25) is 9.59 Å². The predicted molar refractivity (Wildman–Crippen MR) is 144 cm³/mol. The van der Waals surface area contributed by atoms with E-state index in [0.29, 0.717) is 0 Å². The quantitative estimate of drug-likeness (QED) is 0.290. The maximum absolute atomic E-state index is 13.5. The molecule has 9 nitrogen and oxygen atoms in total.